The van der Waals surface area contributed by atoms with E-state index in [9.17, 15) is 4.79 Å². The number of likely N-dealkylation sites (tertiary alicyclic amines) is 1. The van der Waals surface area contributed by atoms with E-state index >= 15 is 0 Å². The molecule has 3 heterocycles. The molecule has 2 aromatic rings. The molecule has 1 fully saturated rings. The van der Waals surface area contributed by atoms with Crippen molar-refractivity contribution in [1.82, 2.24) is 15.2 Å². The van der Waals surface area contributed by atoms with E-state index in [0.717, 1.165) is 24.6 Å². The van der Waals surface area contributed by atoms with Crippen molar-refractivity contribution in [3.8, 4) is 0 Å². The van der Waals surface area contributed by atoms with E-state index in [-0.39, 0.29) is 17.6 Å². The van der Waals surface area contributed by atoms with Crippen LogP contribution in [0, 0.1) is 6.92 Å². The molecule has 5 nitrogen and oxygen atoms in total. The Labute approximate surface area is 140 Å². The first-order chi connectivity index (χ1) is 11.1. The summed E-state index contributed by atoms with van der Waals surface area (Å²) in [6.07, 6.45) is 3.92. The lowest BCUT2D eigenvalue weighted by Crippen LogP contribution is -2.37. The van der Waals surface area contributed by atoms with E-state index in [1.807, 2.05) is 19.1 Å². The Hall–Kier alpha value is -1.85. The molecular weight excluding hydrogens is 314 g/mol. The Morgan fingerprint density at radius 1 is 1.39 bits per heavy atom. The summed E-state index contributed by atoms with van der Waals surface area (Å²) in [6.45, 7) is 4.44. The van der Waals surface area contributed by atoms with Gasteiger partial charge in [0.15, 0.2) is 0 Å². The third-order valence-corrected chi connectivity index (χ3v) is 4.41. The summed E-state index contributed by atoms with van der Waals surface area (Å²) in [5.74, 6) is 1.50. The molecule has 1 atom stereocenters. The van der Waals surface area contributed by atoms with Gasteiger partial charge < -0.3 is 9.73 Å². The SMILES string of the molecule is Cc1ccc(C(CNC(=O)c2ncccc2Cl)N2CCCC2)o1. The van der Waals surface area contributed by atoms with Crippen molar-refractivity contribution >= 4 is 17.5 Å². The van der Waals surface area contributed by atoms with E-state index in [2.05, 4.69) is 15.2 Å². The molecule has 1 unspecified atom stereocenters. The van der Waals surface area contributed by atoms with Gasteiger partial charge in [-0.05, 0) is 57.1 Å². The zero-order valence-corrected chi connectivity index (χ0v) is 13.8. The average Bonchev–Trinajstić information content (AvgIpc) is 3.20. The van der Waals surface area contributed by atoms with Crippen LogP contribution < -0.4 is 5.32 Å². The number of hydrogen-bond donors (Lipinski definition) is 1. The molecule has 0 bridgehead atoms. The number of carbonyl (C=O) groups is 1. The van der Waals surface area contributed by atoms with E-state index < -0.39 is 0 Å². The minimum absolute atomic E-state index is 0.0395. The molecule has 0 saturated carbocycles. The van der Waals surface area contributed by atoms with Crippen molar-refractivity contribution < 1.29 is 9.21 Å². The predicted molar refractivity (Wildman–Crippen MR) is 88.6 cm³/mol. The minimum Gasteiger partial charge on any atom is -0.465 e. The van der Waals surface area contributed by atoms with Crippen molar-refractivity contribution in [3.05, 3.63) is 52.7 Å². The summed E-state index contributed by atoms with van der Waals surface area (Å²) < 4.78 is 5.79. The molecule has 0 spiro atoms. The molecule has 1 amide bonds. The molecule has 0 aliphatic carbocycles. The number of carbonyl (C=O) groups excluding carboxylic acids is 1. The van der Waals surface area contributed by atoms with E-state index in [0.29, 0.717) is 11.6 Å². The van der Waals surface area contributed by atoms with Gasteiger partial charge in [-0.3, -0.25) is 9.69 Å². The Morgan fingerprint density at radius 3 is 2.83 bits per heavy atom. The number of hydrogen-bond acceptors (Lipinski definition) is 4. The summed E-state index contributed by atoms with van der Waals surface area (Å²) >= 11 is 6.03. The Balaban J connectivity index is 1.71. The summed E-state index contributed by atoms with van der Waals surface area (Å²) in [6, 6.07) is 7.35. The first-order valence-electron chi connectivity index (χ1n) is 7.84. The van der Waals surface area contributed by atoms with Crippen LogP contribution in [0.4, 0.5) is 0 Å². The number of halogens is 1. The molecule has 23 heavy (non-hydrogen) atoms. The molecular formula is C17H20ClN3O2. The number of nitrogens with zero attached hydrogens (tertiary/aromatic N) is 2. The van der Waals surface area contributed by atoms with Gasteiger partial charge in [-0.15, -0.1) is 0 Å². The summed E-state index contributed by atoms with van der Waals surface area (Å²) in [5.41, 5.74) is 0.255. The lowest BCUT2D eigenvalue weighted by atomic mass is 10.2. The predicted octanol–water partition coefficient (Wildman–Crippen LogP) is 3.20. The van der Waals surface area contributed by atoms with Crippen LogP contribution in [0.1, 0.15) is 40.9 Å². The smallest absolute Gasteiger partial charge is 0.271 e. The molecule has 2 aromatic heterocycles. The van der Waals surface area contributed by atoms with Gasteiger partial charge in [0.25, 0.3) is 5.91 Å². The topological polar surface area (TPSA) is 58.4 Å². The van der Waals surface area contributed by atoms with E-state index in [1.54, 1.807) is 18.3 Å². The number of pyridine rings is 1. The van der Waals surface area contributed by atoms with Gasteiger partial charge in [0.1, 0.15) is 17.2 Å². The number of aromatic nitrogens is 1. The third kappa shape index (κ3) is 3.74. The van der Waals surface area contributed by atoms with Crippen LogP contribution in [0.15, 0.2) is 34.9 Å². The van der Waals surface area contributed by atoms with Gasteiger partial charge in [0, 0.05) is 12.7 Å². The van der Waals surface area contributed by atoms with Crippen LogP contribution in [0.2, 0.25) is 5.02 Å². The normalized spacial score (nSPS) is 16.4. The monoisotopic (exact) mass is 333 g/mol. The van der Waals surface area contributed by atoms with Crippen LogP contribution >= 0.6 is 11.6 Å². The second-order valence-electron chi connectivity index (χ2n) is 5.75. The number of amides is 1. The molecule has 1 saturated heterocycles. The van der Waals surface area contributed by atoms with E-state index in [4.69, 9.17) is 16.0 Å². The lowest BCUT2D eigenvalue weighted by molar-refractivity contribution is 0.0929. The van der Waals surface area contributed by atoms with Gasteiger partial charge in [-0.2, -0.15) is 0 Å². The molecule has 1 aliphatic rings. The number of nitrogens with one attached hydrogen (secondary N) is 1. The summed E-state index contributed by atoms with van der Waals surface area (Å²) in [4.78, 5) is 18.7. The van der Waals surface area contributed by atoms with Crippen LogP contribution in [-0.2, 0) is 0 Å². The first kappa shape index (κ1) is 16.0. The van der Waals surface area contributed by atoms with Crippen molar-refractivity contribution in [3.63, 3.8) is 0 Å². The van der Waals surface area contributed by atoms with Crippen molar-refractivity contribution in [2.75, 3.05) is 19.6 Å². The molecule has 0 radical (unpaired) electrons. The van der Waals surface area contributed by atoms with Crippen LogP contribution in [0.5, 0.6) is 0 Å². The number of rotatable bonds is 5. The highest BCUT2D eigenvalue weighted by molar-refractivity contribution is 6.33. The maximum absolute atomic E-state index is 12.3. The maximum Gasteiger partial charge on any atom is 0.271 e. The van der Waals surface area contributed by atoms with Gasteiger partial charge in [-0.1, -0.05) is 11.6 Å². The summed E-state index contributed by atoms with van der Waals surface area (Å²) in [5, 5.41) is 3.29. The van der Waals surface area contributed by atoms with E-state index in [1.165, 1.54) is 12.8 Å². The zero-order valence-electron chi connectivity index (χ0n) is 13.1. The van der Waals surface area contributed by atoms with Gasteiger partial charge in [0.05, 0.1) is 11.1 Å². The maximum atomic E-state index is 12.3. The fraction of sp³-hybridized carbons (Fsp3) is 0.412. The van der Waals surface area contributed by atoms with Crippen LogP contribution in [-0.4, -0.2) is 35.4 Å². The molecule has 122 valence electrons. The molecule has 6 heteroatoms. The zero-order chi connectivity index (χ0) is 16.2. The van der Waals surface area contributed by atoms with Crippen molar-refractivity contribution in [2.24, 2.45) is 0 Å². The highest BCUT2D eigenvalue weighted by Gasteiger charge is 2.26. The standard InChI is InChI=1S/C17H20ClN3O2/c1-12-6-7-15(23-12)14(21-9-2-3-10-21)11-20-17(22)16-13(18)5-4-8-19-16/h4-8,14H,2-3,9-11H2,1H3,(H,20,22). The van der Waals surface area contributed by atoms with Crippen molar-refractivity contribution in [1.29, 1.82) is 0 Å². The Kier molecular flexibility index (Phi) is 4.98. The fourth-order valence-electron chi connectivity index (χ4n) is 2.92. The van der Waals surface area contributed by atoms with Crippen LogP contribution in [0.3, 0.4) is 0 Å². The Bertz CT molecular complexity index is 680. The third-order valence-electron chi connectivity index (χ3n) is 4.10. The highest BCUT2D eigenvalue weighted by Crippen LogP contribution is 2.26. The first-order valence-corrected chi connectivity index (χ1v) is 8.22. The molecule has 0 aromatic carbocycles. The van der Waals surface area contributed by atoms with Crippen molar-refractivity contribution in [2.45, 2.75) is 25.8 Å². The second kappa shape index (κ2) is 7.15. The molecule has 3 rings (SSSR count). The fourth-order valence-corrected chi connectivity index (χ4v) is 3.13. The number of furan rings is 1. The Morgan fingerprint density at radius 2 is 2.17 bits per heavy atom. The average molecular weight is 334 g/mol. The van der Waals surface area contributed by atoms with Gasteiger partial charge >= 0.3 is 0 Å². The minimum atomic E-state index is -0.261. The lowest BCUT2D eigenvalue weighted by Gasteiger charge is -2.26. The second-order valence-corrected chi connectivity index (χ2v) is 6.16. The summed E-state index contributed by atoms with van der Waals surface area (Å²) in [7, 11) is 0. The van der Waals surface area contributed by atoms with Crippen LogP contribution in [0.25, 0.3) is 0 Å². The molecule has 1 aliphatic heterocycles. The van der Waals surface area contributed by atoms with Gasteiger partial charge in [0.2, 0.25) is 0 Å². The highest BCUT2D eigenvalue weighted by atomic mass is 35.5. The van der Waals surface area contributed by atoms with Gasteiger partial charge in [-0.25, -0.2) is 4.98 Å². The number of aryl methyl sites for hydroxylation is 1. The molecule has 1 N–H and O–H groups in total. The quantitative estimate of drug-likeness (QED) is 0.912. The largest absolute Gasteiger partial charge is 0.465 e.